The summed E-state index contributed by atoms with van der Waals surface area (Å²) in [4.78, 5) is 4.20. The second kappa shape index (κ2) is 7.47. The average Bonchev–Trinajstić information content (AvgIpc) is 2.67. The molecule has 1 heterocycles. The summed E-state index contributed by atoms with van der Waals surface area (Å²) in [6.45, 7) is 0. The van der Waals surface area contributed by atoms with Crippen molar-refractivity contribution in [2.24, 2.45) is 0 Å². The Kier molecular flexibility index (Phi) is 4.92. The summed E-state index contributed by atoms with van der Waals surface area (Å²) >= 11 is 0. The molecule has 0 radical (unpaired) electrons. The molecule has 0 aliphatic rings. The van der Waals surface area contributed by atoms with Crippen LogP contribution in [0.25, 0.3) is 21.7 Å². The van der Waals surface area contributed by atoms with E-state index in [-0.39, 0.29) is 0 Å². The van der Waals surface area contributed by atoms with Crippen LogP contribution in [0.1, 0.15) is 0 Å². The molecule has 0 saturated carbocycles. The molecular formula is C21H19NO2. The number of benzene rings is 3. The fourth-order valence-electron chi connectivity index (χ4n) is 2.48. The van der Waals surface area contributed by atoms with Crippen molar-refractivity contribution < 1.29 is 9.47 Å². The molecule has 0 spiro atoms. The van der Waals surface area contributed by atoms with Gasteiger partial charge in [-0.1, -0.05) is 36.4 Å². The number of fused-ring (bicyclic) bond motifs is 2. The van der Waals surface area contributed by atoms with Gasteiger partial charge in [-0.15, -0.1) is 0 Å². The zero-order chi connectivity index (χ0) is 16.8. The van der Waals surface area contributed by atoms with Crippen LogP contribution in [-0.4, -0.2) is 19.2 Å². The smallest absolute Gasteiger partial charge is 0.119 e. The number of aromatic nitrogens is 1. The van der Waals surface area contributed by atoms with E-state index in [1.807, 2.05) is 54.6 Å². The van der Waals surface area contributed by atoms with E-state index in [0.717, 1.165) is 22.4 Å². The molecule has 0 aliphatic carbocycles. The van der Waals surface area contributed by atoms with Gasteiger partial charge >= 0.3 is 0 Å². The van der Waals surface area contributed by atoms with Crippen molar-refractivity contribution in [3.05, 3.63) is 79.0 Å². The molecule has 0 N–H and O–H groups in total. The lowest BCUT2D eigenvalue weighted by molar-refractivity contribution is 0.415. The third-order valence-corrected chi connectivity index (χ3v) is 3.77. The molecule has 0 bridgehead atoms. The van der Waals surface area contributed by atoms with E-state index in [4.69, 9.17) is 9.47 Å². The number of pyridine rings is 1. The van der Waals surface area contributed by atoms with E-state index in [0.29, 0.717) is 0 Å². The van der Waals surface area contributed by atoms with Gasteiger partial charge in [0.2, 0.25) is 0 Å². The maximum Gasteiger partial charge on any atom is 0.119 e. The van der Waals surface area contributed by atoms with Crippen LogP contribution in [0.4, 0.5) is 0 Å². The molecule has 3 aromatic carbocycles. The summed E-state index contributed by atoms with van der Waals surface area (Å²) in [6.07, 6.45) is 1.79. The summed E-state index contributed by atoms with van der Waals surface area (Å²) in [5.74, 6) is 1.78. The van der Waals surface area contributed by atoms with Crippen molar-refractivity contribution in [2.45, 2.75) is 0 Å². The Balaban J connectivity index is 0.000000141. The standard InChI is InChI=1S/C11H10O.C10H9NO/c1-12-11-7-6-9-4-2-3-5-10(9)8-11;1-12-9-4-5-10-8(7-9)3-2-6-11-10/h2-8H,1H3;2-7H,1H3. The zero-order valence-corrected chi connectivity index (χ0v) is 13.8. The predicted molar refractivity (Wildman–Crippen MR) is 98.8 cm³/mol. The van der Waals surface area contributed by atoms with Gasteiger partial charge in [0.15, 0.2) is 0 Å². The van der Waals surface area contributed by atoms with Crippen LogP contribution in [0.3, 0.4) is 0 Å². The largest absolute Gasteiger partial charge is 0.497 e. The lowest BCUT2D eigenvalue weighted by Crippen LogP contribution is -1.82. The normalized spacial score (nSPS) is 10.1. The number of hydrogen-bond donors (Lipinski definition) is 0. The predicted octanol–water partition coefficient (Wildman–Crippen LogP) is 5.09. The Morgan fingerprint density at radius 3 is 2.00 bits per heavy atom. The minimum atomic E-state index is 0.871. The minimum Gasteiger partial charge on any atom is -0.497 e. The zero-order valence-electron chi connectivity index (χ0n) is 13.8. The Morgan fingerprint density at radius 1 is 0.625 bits per heavy atom. The number of ether oxygens (including phenoxy) is 2. The summed E-state index contributed by atoms with van der Waals surface area (Å²) in [6, 6.07) is 24.1. The lowest BCUT2D eigenvalue weighted by atomic mass is 10.1. The SMILES string of the molecule is COc1ccc2ccccc2c1.COc1ccc2ncccc2c1. The highest BCUT2D eigenvalue weighted by Crippen LogP contribution is 2.20. The number of methoxy groups -OCH3 is 2. The molecule has 0 atom stereocenters. The van der Waals surface area contributed by atoms with Gasteiger partial charge in [0.05, 0.1) is 19.7 Å². The van der Waals surface area contributed by atoms with Gasteiger partial charge in [0.1, 0.15) is 11.5 Å². The number of nitrogens with zero attached hydrogens (tertiary/aromatic N) is 1. The van der Waals surface area contributed by atoms with E-state index < -0.39 is 0 Å². The summed E-state index contributed by atoms with van der Waals surface area (Å²) in [5, 5.41) is 3.58. The van der Waals surface area contributed by atoms with Gasteiger partial charge < -0.3 is 9.47 Å². The molecule has 1 aromatic heterocycles. The van der Waals surface area contributed by atoms with Crippen molar-refractivity contribution >= 4 is 21.7 Å². The van der Waals surface area contributed by atoms with E-state index in [1.165, 1.54) is 10.8 Å². The third-order valence-electron chi connectivity index (χ3n) is 3.77. The Hall–Kier alpha value is -3.07. The highest BCUT2D eigenvalue weighted by molar-refractivity contribution is 5.83. The van der Waals surface area contributed by atoms with Crippen LogP contribution in [0.5, 0.6) is 11.5 Å². The van der Waals surface area contributed by atoms with Crippen molar-refractivity contribution in [3.8, 4) is 11.5 Å². The average molecular weight is 317 g/mol. The monoisotopic (exact) mass is 317 g/mol. The molecule has 0 aliphatic heterocycles. The molecule has 120 valence electrons. The molecule has 4 rings (SSSR count). The molecule has 24 heavy (non-hydrogen) atoms. The van der Waals surface area contributed by atoms with E-state index in [9.17, 15) is 0 Å². The van der Waals surface area contributed by atoms with Gasteiger partial charge in [0, 0.05) is 11.6 Å². The van der Waals surface area contributed by atoms with Crippen molar-refractivity contribution in [3.63, 3.8) is 0 Å². The van der Waals surface area contributed by atoms with Crippen molar-refractivity contribution in [1.82, 2.24) is 4.98 Å². The van der Waals surface area contributed by atoms with Gasteiger partial charge in [-0.2, -0.15) is 0 Å². The molecular weight excluding hydrogens is 298 g/mol. The fraction of sp³-hybridized carbons (Fsp3) is 0.0952. The van der Waals surface area contributed by atoms with E-state index in [1.54, 1.807) is 20.4 Å². The number of hydrogen-bond acceptors (Lipinski definition) is 3. The van der Waals surface area contributed by atoms with Crippen LogP contribution in [0, 0.1) is 0 Å². The molecule has 3 nitrogen and oxygen atoms in total. The van der Waals surface area contributed by atoms with E-state index >= 15 is 0 Å². The van der Waals surface area contributed by atoms with E-state index in [2.05, 4.69) is 23.2 Å². The summed E-state index contributed by atoms with van der Waals surface area (Å²) < 4.78 is 10.2. The molecule has 0 unspecified atom stereocenters. The molecule has 0 saturated heterocycles. The fourth-order valence-corrected chi connectivity index (χ4v) is 2.48. The lowest BCUT2D eigenvalue weighted by Gasteiger charge is -2.00. The first kappa shape index (κ1) is 15.8. The third kappa shape index (κ3) is 3.63. The summed E-state index contributed by atoms with van der Waals surface area (Å²) in [7, 11) is 3.35. The first-order chi connectivity index (χ1) is 11.8. The number of rotatable bonds is 2. The van der Waals surface area contributed by atoms with Crippen LogP contribution < -0.4 is 9.47 Å². The van der Waals surface area contributed by atoms with Crippen molar-refractivity contribution in [1.29, 1.82) is 0 Å². The molecule has 4 aromatic rings. The van der Waals surface area contributed by atoms with Crippen LogP contribution in [0.2, 0.25) is 0 Å². The molecule has 0 fully saturated rings. The van der Waals surface area contributed by atoms with Crippen LogP contribution in [0.15, 0.2) is 79.0 Å². The van der Waals surface area contributed by atoms with Gasteiger partial charge in [-0.3, -0.25) is 4.98 Å². The topological polar surface area (TPSA) is 31.4 Å². The van der Waals surface area contributed by atoms with Crippen molar-refractivity contribution in [2.75, 3.05) is 14.2 Å². The Bertz CT molecular complexity index is 871. The molecule has 0 amide bonds. The maximum absolute atomic E-state index is 5.12. The van der Waals surface area contributed by atoms with Gasteiger partial charge in [0.25, 0.3) is 0 Å². The van der Waals surface area contributed by atoms with Crippen LogP contribution >= 0.6 is 0 Å². The quantitative estimate of drug-likeness (QED) is 0.516. The maximum atomic E-state index is 5.12. The van der Waals surface area contributed by atoms with Gasteiger partial charge in [-0.05, 0) is 47.2 Å². The second-order valence-electron chi connectivity index (χ2n) is 5.28. The molecule has 3 heteroatoms. The highest BCUT2D eigenvalue weighted by atomic mass is 16.5. The van der Waals surface area contributed by atoms with Gasteiger partial charge in [-0.25, -0.2) is 0 Å². The highest BCUT2D eigenvalue weighted by Gasteiger charge is 1.95. The first-order valence-electron chi connectivity index (χ1n) is 7.72. The minimum absolute atomic E-state index is 0.871. The first-order valence-corrected chi connectivity index (χ1v) is 7.72. The Labute approximate surface area is 141 Å². The summed E-state index contributed by atoms with van der Waals surface area (Å²) in [5.41, 5.74) is 0.998. The van der Waals surface area contributed by atoms with Crippen LogP contribution in [-0.2, 0) is 0 Å². The Morgan fingerprint density at radius 2 is 1.25 bits per heavy atom. The second-order valence-corrected chi connectivity index (χ2v) is 5.28.